The summed E-state index contributed by atoms with van der Waals surface area (Å²) in [4.78, 5) is 0. The van der Waals surface area contributed by atoms with Crippen molar-refractivity contribution in [3.8, 4) is 0 Å². The Balaban J connectivity index is 1.97. The summed E-state index contributed by atoms with van der Waals surface area (Å²) < 4.78 is 14.0. The normalized spacial score (nSPS) is 25.9. The zero-order chi connectivity index (χ0) is 17.9. The van der Waals surface area contributed by atoms with Crippen LogP contribution in [-0.4, -0.2) is 28.6 Å². The van der Waals surface area contributed by atoms with Crippen LogP contribution in [0.3, 0.4) is 0 Å². The zero-order valence-corrected chi connectivity index (χ0v) is 15.3. The molecule has 0 radical (unpaired) electrons. The van der Waals surface area contributed by atoms with E-state index in [1.54, 1.807) is 0 Å². The molecule has 0 aromatic heterocycles. The summed E-state index contributed by atoms with van der Waals surface area (Å²) >= 11 is 0. The molecule has 2 aromatic rings. The molecule has 0 amide bonds. The van der Waals surface area contributed by atoms with E-state index in [0.717, 1.165) is 16.2 Å². The molecule has 1 fully saturated rings. The van der Waals surface area contributed by atoms with Crippen molar-refractivity contribution in [2.24, 2.45) is 5.92 Å². The molecule has 25 heavy (non-hydrogen) atoms. The van der Waals surface area contributed by atoms with Crippen molar-refractivity contribution in [2.45, 2.75) is 32.0 Å². The van der Waals surface area contributed by atoms with Gasteiger partial charge in [-0.3, -0.25) is 0 Å². The fourth-order valence-electron chi connectivity index (χ4n) is 3.48. The minimum Gasteiger partial charge on any atom is -0.393 e. The van der Waals surface area contributed by atoms with Crippen LogP contribution in [0.2, 0.25) is 0 Å². The molecule has 1 aliphatic carbocycles. The van der Waals surface area contributed by atoms with Crippen molar-refractivity contribution in [2.75, 3.05) is 6.16 Å². The smallest absolute Gasteiger partial charge is 0.146 e. The van der Waals surface area contributed by atoms with E-state index in [4.69, 9.17) is 0 Å². The Morgan fingerprint density at radius 2 is 1.52 bits per heavy atom. The standard InChI is InChI=1S/C21H25O3P/c1-16-17(14-18(22)15-21(16)23)12-13-25(24,19-8-4-2-5-9-19)20-10-6-3-7-11-20/h2-12,16,18,21-23H,13-15H2,1H3/b17-12-/t16?,18?,21-/m0/s1. The first-order valence-electron chi connectivity index (χ1n) is 8.76. The molecule has 3 rings (SSSR count). The monoisotopic (exact) mass is 356 g/mol. The lowest BCUT2D eigenvalue weighted by Gasteiger charge is -2.31. The van der Waals surface area contributed by atoms with Crippen LogP contribution >= 0.6 is 7.14 Å². The van der Waals surface area contributed by atoms with Gasteiger partial charge in [0.05, 0.1) is 12.2 Å². The summed E-state index contributed by atoms with van der Waals surface area (Å²) in [6.45, 7) is 1.97. The molecule has 2 aromatic carbocycles. The molecule has 0 bridgehead atoms. The lowest BCUT2D eigenvalue weighted by Crippen LogP contribution is -2.32. The van der Waals surface area contributed by atoms with Gasteiger partial charge in [-0.2, -0.15) is 0 Å². The van der Waals surface area contributed by atoms with Gasteiger partial charge in [-0.1, -0.05) is 79.2 Å². The van der Waals surface area contributed by atoms with Gasteiger partial charge in [-0.15, -0.1) is 0 Å². The van der Waals surface area contributed by atoms with Gasteiger partial charge in [0.1, 0.15) is 7.14 Å². The largest absolute Gasteiger partial charge is 0.393 e. The number of aliphatic hydroxyl groups excluding tert-OH is 2. The molecule has 0 saturated heterocycles. The van der Waals surface area contributed by atoms with E-state index in [1.807, 2.05) is 73.7 Å². The number of aliphatic hydroxyl groups is 2. The van der Waals surface area contributed by atoms with Gasteiger partial charge >= 0.3 is 0 Å². The maximum Gasteiger partial charge on any atom is 0.146 e. The summed E-state index contributed by atoms with van der Waals surface area (Å²) in [6, 6.07) is 19.2. The Labute approximate surface area is 149 Å². The third kappa shape index (κ3) is 3.95. The molecule has 0 spiro atoms. The first kappa shape index (κ1) is 18.1. The second kappa shape index (κ2) is 7.70. The van der Waals surface area contributed by atoms with Crippen molar-refractivity contribution in [3.63, 3.8) is 0 Å². The highest BCUT2D eigenvalue weighted by molar-refractivity contribution is 7.78. The average Bonchev–Trinajstić information content (AvgIpc) is 2.64. The molecule has 3 atom stereocenters. The van der Waals surface area contributed by atoms with Crippen molar-refractivity contribution in [1.29, 1.82) is 0 Å². The molecule has 3 nitrogen and oxygen atoms in total. The van der Waals surface area contributed by atoms with E-state index in [1.165, 1.54) is 0 Å². The van der Waals surface area contributed by atoms with E-state index in [9.17, 15) is 14.8 Å². The summed E-state index contributed by atoms with van der Waals surface area (Å²) in [5.74, 6) is -0.0107. The van der Waals surface area contributed by atoms with Gasteiger partial charge in [0, 0.05) is 29.1 Å². The summed E-state index contributed by atoms with van der Waals surface area (Å²) in [5.41, 5.74) is 0.998. The Morgan fingerprint density at radius 3 is 2.04 bits per heavy atom. The van der Waals surface area contributed by atoms with Gasteiger partial charge < -0.3 is 14.8 Å². The number of benzene rings is 2. The highest BCUT2D eigenvalue weighted by Crippen LogP contribution is 2.44. The lowest BCUT2D eigenvalue weighted by molar-refractivity contribution is 0.0332. The molecule has 4 heteroatoms. The third-order valence-corrected chi connectivity index (χ3v) is 8.07. The first-order chi connectivity index (χ1) is 12.0. The van der Waals surface area contributed by atoms with Crippen molar-refractivity contribution < 1.29 is 14.8 Å². The van der Waals surface area contributed by atoms with Crippen molar-refractivity contribution >= 4 is 17.8 Å². The predicted octanol–water partition coefficient (Wildman–Crippen LogP) is 3.08. The second-order valence-corrected chi connectivity index (χ2v) is 9.70. The van der Waals surface area contributed by atoms with Crippen LogP contribution in [0.1, 0.15) is 19.8 Å². The molecular formula is C21H25O3P. The predicted molar refractivity (Wildman–Crippen MR) is 103 cm³/mol. The van der Waals surface area contributed by atoms with Crippen LogP contribution in [-0.2, 0) is 4.57 Å². The second-order valence-electron chi connectivity index (χ2n) is 6.82. The van der Waals surface area contributed by atoms with Crippen LogP contribution in [0.4, 0.5) is 0 Å². The Kier molecular flexibility index (Phi) is 5.58. The summed E-state index contributed by atoms with van der Waals surface area (Å²) in [5, 5.41) is 21.7. The molecule has 0 heterocycles. The molecule has 1 aliphatic rings. The Bertz CT molecular complexity index is 727. The maximum absolute atomic E-state index is 14.0. The third-order valence-electron chi connectivity index (χ3n) is 5.10. The van der Waals surface area contributed by atoms with Crippen LogP contribution in [0, 0.1) is 5.92 Å². The minimum atomic E-state index is -2.80. The maximum atomic E-state index is 14.0. The Hall–Kier alpha value is -1.67. The first-order valence-corrected chi connectivity index (χ1v) is 10.7. The van der Waals surface area contributed by atoms with Crippen LogP contribution < -0.4 is 10.6 Å². The van der Waals surface area contributed by atoms with E-state index in [-0.39, 0.29) is 5.92 Å². The molecule has 1 saturated carbocycles. The molecule has 0 aliphatic heterocycles. The molecule has 132 valence electrons. The van der Waals surface area contributed by atoms with Gasteiger partial charge in [0.25, 0.3) is 0 Å². The number of hydrogen-bond donors (Lipinski definition) is 2. The quantitative estimate of drug-likeness (QED) is 0.654. The minimum absolute atomic E-state index is 0.0107. The number of allylic oxidation sites excluding steroid dienone is 1. The van der Waals surface area contributed by atoms with Gasteiger partial charge in [0.2, 0.25) is 0 Å². The number of hydrogen-bond acceptors (Lipinski definition) is 3. The number of rotatable bonds is 4. The molecule has 2 unspecified atom stereocenters. The van der Waals surface area contributed by atoms with Crippen molar-refractivity contribution in [3.05, 3.63) is 72.3 Å². The van der Waals surface area contributed by atoms with Crippen LogP contribution in [0.5, 0.6) is 0 Å². The molecule has 2 N–H and O–H groups in total. The summed E-state index contributed by atoms with van der Waals surface area (Å²) in [6.07, 6.45) is 2.28. The van der Waals surface area contributed by atoms with Crippen LogP contribution in [0.15, 0.2) is 72.3 Å². The van der Waals surface area contributed by atoms with Gasteiger partial charge in [-0.25, -0.2) is 0 Å². The fraction of sp³-hybridized carbons (Fsp3) is 0.333. The van der Waals surface area contributed by atoms with E-state index in [2.05, 4.69) is 0 Å². The average molecular weight is 356 g/mol. The Morgan fingerprint density at radius 1 is 1.00 bits per heavy atom. The lowest BCUT2D eigenvalue weighted by atomic mass is 9.81. The fourth-order valence-corrected chi connectivity index (χ4v) is 6.00. The van der Waals surface area contributed by atoms with E-state index >= 15 is 0 Å². The zero-order valence-electron chi connectivity index (χ0n) is 14.5. The van der Waals surface area contributed by atoms with E-state index < -0.39 is 19.3 Å². The topological polar surface area (TPSA) is 57.5 Å². The van der Waals surface area contributed by atoms with Gasteiger partial charge in [0.15, 0.2) is 0 Å². The van der Waals surface area contributed by atoms with Crippen LogP contribution in [0.25, 0.3) is 0 Å². The van der Waals surface area contributed by atoms with E-state index in [0.29, 0.717) is 19.0 Å². The molecular weight excluding hydrogens is 331 g/mol. The highest BCUT2D eigenvalue weighted by atomic mass is 31.2. The van der Waals surface area contributed by atoms with Gasteiger partial charge in [-0.05, 0) is 6.42 Å². The SMILES string of the molecule is CC1/C(=C\CP(=O)(c2ccccc2)c2ccccc2)CC(O)C[C@@H]1O. The van der Waals surface area contributed by atoms with Crippen molar-refractivity contribution in [1.82, 2.24) is 0 Å². The highest BCUT2D eigenvalue weighted by Gasteiger charge is 2.31. The summed E-state index contributed by atoms with van der Waals surface area (Å²) in [7, 11) is -2.80.